The van der Waals surface area contributed by atoms with Gasteiger partial charge in [0.2, 0.25) is 0 Å². The van der Waals surface area contributed by atoms with E-state index in [-0.39, 0.29) is 4.90 Å². The third-order valence-electron chi connectivity index (χ3n) is 2.17. The average molecular weight is 239 g/mol. The third kappa shape index (κ3) is 2.34. The zero-order valence-electron chi connectivity index (χ0n) is 9.44. The lowest BCUT2D eigenvalue weighted by Crippen LogP contribution is -2.09. The lowest BCUT2D eigenvalue weighted by atomic mass is 10.1. The molecule has 16 heavy (non-hydrogen) atoms. The quantitative estimate of drug-likeness (QED) is 0.803. The summed E-state index contributed by atoms with van der Waals surface area (Å²) in [6.45, 7) is 3.55. The van der Waals surface area contributed by atoms with Crippen LogP contribution < -0.4 is 4.74 Å². The van der Waals surface area contributed by atoms with Crippen LogP contribution >= 0.6 is 0 Å². The Morgan fingerprint density at radius 3 is 2.50 bits per heavy atom. The van der Waals surface area contributed by atoms with Crippen LogP contribution in [0.1, 0.15) is 11.1 Å². The summed E-state index contributed by atoms with van der Waals surface area (Å²) in [4.78, 5) is 0.113. The molecule has 0 bridgehead atoms. The fraction of sp³-hybridized carbons (Fsp3) is 0.364. The zero-order valence-corrected chi connectivity index (χ0v) is 10.3. The van der Waals surface area contributed by atoms with Crippen molar-refractivity contribution < 1.29 is 13.2 Å². The lowest BCUT2D eigenvalue weighted by Gasteiger charge is -2.11. The summed E-state index contributed by atoms with van der Waals surface area (Å²) in [6, 6.07) is 5.06. The maximum absolute atomic E-state index is 11.8. The molecular formula is C11H13NO3S. The van der Waals surface area contributed by atoms with Crippen molar-refractivity contribution in [2.75, 3.05) is 12.9 Å². The molecule has 0 aliphatic carbocycles. The molecule has 0 amide bonds. The van der Waals surface area contributed by atoms with Crippen molar-refractivity contribution in [1.29, 1.82) is 5.26 Å². The SMILES string of the molecule is COc1cc(C)cc(C)c1S(=O)(=O)CC#N. The molecule has 0 spiro atoms. The first kappa shape index (κ1) is 12.5. The van der Waals surface area contributed by atoms with Crippen LogP contribution in [0.3, 0.4) is 0 Å². The van der Waals surface area contributed by atoms with Crippen LogP contribution in [-0.2, 0) is 9.84 Å². The molecule has 0 atom stereocenters. The highest BCUT2D eigenvalue weighted by Crippen LogP contribution is 2.29. The summed E-state index contributed by atoms with van der Waals surface area (Å²) in [5.41, 5.74) is 1.53. The van der Waals surface area contributed by atoms with Crippen LogP contribution in [0.2, 0.25) is 0 Å². The van der Waals surface area contributed by atoms with E-state index in [1.807, 2.05) is 6.92 Å². The van der Waals surface area contributed by atoms with Crippen LogP contribution in [0, 0.1) is 25.2 Å². The van der Waals surface area contributed by atoms with Gasteiger partial charge in [-0.1, -0.05) is 6.07 Å². The molecule has 0 fully saturated rings. The van der Waals surface area contributed by atoms with Gasteiger partial charge in [0, 0.05) is 0 Å². The number of sulfone groups is 1. The van der Waals surface area contributed by atoms with E-state index in [0.29, 0.717) is 11.3 Å². The standard InChI is InChI=1S/C11H13NO3S/c1-8-6-9(2)11(10(7-8)15-3)16(13,14)5-4-12/h6-7H,5H2,1-3H3. The number of methoxy groups -OCH3 is 1. The summed E-state index contributed by atoms with van der Waals surface area (Å²) in [6.07, 6.45) is 0. The Morgan fingerprint density at radius 1 is 1.38 bits per heavy atom. The second-order valence-electron chi connectivity index (χ2n) is 3.53. The molecule has 0 N–H and O–H groups in total. The molecular weight excluding hydrogens is 226 g/mol. The van der Waals surface area contributed by atoms with Gasteiger partial charge in [0.1, 0.15) is 16.4 Å². The monoisotopic (exact) mass is 239 g/mol. The van der Waals surface area contributed by atoms with Gasteiger partial charge in [0.05, 0.1) is 13.2 Å². The largest absolute Gasteiger partial charge is 0.495 e. The van der Waals surface area contributed by atoms with Crippen LogP contribution in [0.25, 0.3) is 0 Å². The Morgan fingerprint density at radius 2 is 2.00 bits per heavy atom. The summed E-state index contributed by atoms with van der Waals surface area (Å²) < 4.78 is 28.7. The number of nitrogens with zero attached hydrogens (tertiary/aromatic N) is 1. The molecule has 5 heteroatoms. The van der Waals surface area contributed by atoms with E-state index in [0.717, 1.165) is 5.56 Å². The van der Waals surface area contributed by atoms with Gasteiger partial charge in [-0.15, -0.1) is 0 Å². The Kier molecular flexibility index (Phi) is 3.55. The molecule has 0 aliphatic rings. The Bertz CT molecular complexity index is 541. The number of hydrogen-bond donors (Lipinski definition) is 0. The fourth-order valence-electron chi connectivity index (χ4n) is 1.62. The topological polar surface area (TPSA) is 67.2 Å². The normalized spacial score (nSPS) is 10.9. The van der Waals surface area contributed by atoms with E-state index in [9.17, 15) is 8.42 Å². The summed E-state index contributed by atoms with van der Waals surface area (Å²) in [5.74, 6) is -0.236. The molecule has 0 aliphatic heterocycles. The van der Waals surface area contributed by atoms with E-state index >= 15 is 0 Å². The van der Waals surface area contributed by atoms with Crippen molar-refractivity contribution in [3.63, 3.8) is 0 Å². The highest BCUT2D eigenvalue weighted by Gasteiger charge is 2.22. The minimum atomic E-state index is -3.59. The van der Waals surface area contributed by atoms with Crippen molar-refractivity contribution in [2.24, 2.45) is 0 Å². The first-order chi connectivity index (χ1) is 7.42. The maximum Gasteiger partial charge on any atom is 0.195 e. The van der Waals surface area contributed by atoms with Gasteiger partial charge in [-0.05, 0) is 31.0 Å². The number of ether oxygens (including phenoxy) is 1. The van der Waals surface area contributed by atoms with Crippen molar-refractivity contribution in [1.82, 2.24) is 0 Å². The molecule has 0 radical (unpaired) electrons. The molecule has 4 nitrogen and oxygen atoms in total. The zero-order chi connectivity index (χ0) is 12.3. The number of aryl methyl sites for hydroxylation is 2. The van der Waals surface area contributed by atoms with E-state index in [4.69, 9.17) is 10.00 Å². The predicted molar refractivity (Wildman–Crippen MR) is 60.1 cm³/mol. The summed E-state index contributed by atoms with van der Waals surface area (Å²) in [5, 5.41) is 8.50. The molecule has 0 unspecified atom stereocenters. The van der Waals surface area contributed by atoms with Crippen molar-refractivity contribution >= 4 is 9.84 Å². The van der Waals surface area contributed by atoms with Crippen molar-refractivity contribution in [2.45, 2.75) is 18.7 Å². The lowest BCUT2D eigenvalue weighted by molar-refractivity contribution is 0.401. The number of hydrogen-bond acceptors (Lipinski definition) is 4. The predicted octanol–water partition coefficient (Wildman–Crippen LogP) is 1.61. The van der Waals surface area contributed by atoms with Gasteiger partial charge in [-0.25, -0.2) is 8.42 Å². The second kappa shape index (κ2) is 4.54. The van der Waals surface area contributed by atoms with E-state index < -0.39 is 15.6 Å². The molecule has 0 aromatic heterocycles. The van der Waals surface area contributed by atoms with E-state index in [1.165, 1.54) is 7.11 Å². The Balaban J connectivity index is 3.51. The van der Waals surface area contributed by atoms with Gasteiger partial charge >= 0.3 is 0 Å². The highest BCUT2D eigenvalue weighted by molar-refractivity contribution is 7.91. The van der Waals surface area contributed by atoms with E-state index in [2.05, 4.69) is 0 Å². The Hall–Kier alpha value is -1.54. The van der Waals surface area contributed by atoms with Gasteiger partial charge < -0.3 is 4.74 Å². The first-order valence-electron chi connectivity index (χ1n) is 4.67. The molecule has 0 saturated carbocycles. The Labute approximate surface area is 95.4 Å². The molecule has 86 valence electrons. The summed E-state index contributed by atoms with van der Waals surface area (Å²) in [7, 11) is -2.17. The molecule has 0 saturated heterocycles. The number of benzene rings is 1. The summed E-state index contributed by atoms with van der Waals surface area (Å²) >= 11 is 0. The van der Waals surface area contributed by atoms with Gasteiger partial charge in [-0.2, -0.15) is 5.26 Å². The minimum absolute atomic E-state index is 0.113. The number of nitriles is 1. The molecule has 0 heterocycles. The van der Waals surface area contributed by atoms with Gasteiger partial charge in [0.15, 0.2) is 9.84 Å². The first-order valence-corrected chi connectivity index (χ1v) is 6.32. The van der Waals surface area contributed by atoms with Gasteiger partial charge in [0.25, 0.3) is 0 Å². The van der Waals surface area contributed by atoms with Crippen LogP contribution in [0.4, 0.5) is 0 Å². The van der Waals surface area contributed by atoms with Crippen molar-refractivity contribution in [3.8, 4) is 11.8 Å². The molecule has 1 rings (SSSR count). The van der Waals surface area contributed by atoms with Crippen LogP contribution in [0.5, 0.6) is 5.75 Å². The maximum atomic E-state index is 11.8. The van der Waals surface area contributed by atoms with Crippen molar-refractivity contribution in [3.05, 3.63) is 23.3 Å². The van der Waals surface area contributed by atoms with Crippen LogP contribution in [0.15, 0.2) is 17.0 Å². The highest BCUT2D eigenvalue weighted by atomic mass is 32.2. The third-order valence-corrected chi connectivity index (χ3v) is 3.82. The number of rotatable bonds is 3. The molecule has 1 aromatic rings. The van der Waals surface area contributed by atoms with E-state index in [1.54, 1.807) is 25.1 Å². The van der Waals surface area contributed by atoms with Gasteiger partial charge in [-0.3, -0.25) is 0 Å². The minimum Gasteiger partial charge on any atom is -0.495 e. The smallest absolute Gasteiger partial charge is 0.195 e. The fourth-order valence-corrected chi connectivity index (χ4v) is 2.94. The average Bonchev–Trinajstić information content (AvgIpc) is 2.15. The molecule has 1 aromatic carbocycles. The van der Waals surface area contributed by atoms with Crippen LogP contribution in [-0.4, -0.2) is 21.3 Å². The second-order valence-corrected chi connectivity index (χ2v) is 5.46.